The molecule has 0 amide bonds. The molecule has 0 aliphatic carbocycles. The van der Waals surface area contributed by atoms with E-state index in [1.807, 2.05) is 37.3 Å². The van der Waals surface area contributed by atoms with E-state index in [9.17, 15) is 0 Å². The van der Waals surface area contributed by atoms with Gasteiger partial charge in [-0.25, -0.2) is 0 Å². The van der Waals surface area contributed by atoms with Crippen molar-refractivity contribution < 1.29 is 14.0 Å². The average molecular weight is 516 g/mol. The highest BCUT2D eigenvalue weighted by Crippen LogP contribution is 2.22. The van der Waals surface area contributed by atoms with Crippen molar-refractivity contribution in [2.24, 2.45) is 4.99 Å². The fourth-order valence-corrected chi connectivity index (χ4v) is 2.87. The smallest absolute Gasteiger partial charge is 0.191 e. The quantitative estimate of drug-likeness (QED) is 0.278. The van der Waals surface area contributed by atoms with Gasteiger partial charge in [-0.15, -0.1) is 24.0 Å². The average Bonchev–Trinajstić information content (AvgIpc) is 3.18. The van der Waals surface area contributed by atoms with Crippen molar-refractivity contribution in [3.8, 4) is 11.5 Å². The first-order valence-electron chi connectivity index (χ1n) is 9.80. The lowest BCUT2D eigenvalue weighted by Gasteiger charge is -2.17. The minimum absolute atomic E-state index is 0. The summed E-state index contributed by atoms with van der Waals surface area (Å²) in [7, 11) is 3.38. The van der Waals surface area contributed by atoms with E-state index >= 15 is 0 Å². The van der Waals surface area contributed by atoms with Gasteiger partial charge in [-0.2, -0.15) is 0 Å². The first-order chi connectivity index (χ1) is 13.6. The summed E-state index contributed by atoms with van der Waals surface area (Å²) >= 11 is 0. The van der Waals surface area contributed by atoms with Gasteiger partial charge < -0.3 is 24.6 Å². The number of benzene rings is 1. The van der Waals surface area contributed by atoms with E-state index in [0.717, 1.165) is 35.8 Å². The zero-order valence-corrected chi connectivity index (χ0v) is 20.2. The van der Waals surface area contributed by atoms with Crippen molar-refractivity contribution in [3.63, 3.8) is 0 Å². The van der Waals surface area contributed by atoms with Crippen LogP contribution in [-0.2, 0) is 6.54 Å². The maximum Gasteiger partial charge on any atom is 0.191 e. The molecule has 2 rings (SSSR count). The third-order valence-electron chi connectivity index (χ3n) is 4.59. The lowest BCUT2D eigenvalue weighted by atomic mass is 9.99. The summed E-state index contributed by atoms with van der Waals surface area (Å²) in [6.07, 6.45) is 2.09. The zero-order valence-electron chi connectivity index (χ0n) is 17.9. The highest BCUT2D eigenvalue weighted by molar-refractivity contribution is 14.0. The SMILES string of the molecule is CCC(CC)c1cc(CNC(=NC)NCC(C)Oc2ccc(OC)cc2)on1.I. The van der Waals surface area contributed by atoms with E-state index in [1.165, 1.54) is 0 Å². The van der Waals surface area contributed by atoms with Crippen molar-refractivity contribution in [3.05, 3.63) is 41.8 Å². The van der Waals surface area contributed by atoms with Crippen molar-refractivity contribution in [1.82, 2.24) is 15.8 Å². The number of hydrogen-bond acceptors (Lipinski definition) is 5. The van der Waals surface area contributed by atoms with Gasteiger partial charge in [0.2, 0.25) is 0 Å². The van der Waals surface area contributed by atoms with E-state index in [0.29, 0.717) is 25.0 Å². The van der Waals surface area contributed by atoms with E-state index in [4.69, 9.17) is 14.0 Å². The first kappa shape index (κ1) is 25.1. The lowest BCUT2D eigenvalue weighted by Crippen LogP contribution is -2.41. The van der Waals surface area contributed by atoms with Crippen LogP contribution in [0.1, 0.15) is 51.0 Å². The van der Waals surface area contributed by atoms with Crippen LogP contribution in [-0.4, -0.2) is 37.9 Å². The van der Waals surface area contributed by atoms with Crippen molar-refractivity contribution in [1.29, 1.82) is 0 Å². The van der Waals surface area contributed by atoms with Gasteiger partial charge in [-0.1, -0.05) is 19.0 Å². The fourth-order valence-electron chi connectivity index (χ4n) is 2.87. The Balaban J connectivity index is 0.00000420. The molecule has 0 saturated carbocycles. The number of aliphatic imine (C=N–C) groups is 1. The molecule has 1 heterocycles. The molecule has 1 atom stereocenters. The Morgan fingerprint density at radius 1 is 1.14 bits per heavy atom. The zero-order chi connectivity index (χ0) is 20.4. The summed E-state index contributed by atoms with van der Waals surface area (Å²) in [4.78, 5) is 4.24. The van der Waals surface area contributed by atoms with Gasteiger partial charge in [-0.05, 0) is 44.0 Å². The highest BCUT2D eigenvalue weighted by atomic mass is 127. The van der Waals surface area contributed by atoms with Crippen molar-refractivity contribution >= 4 is 29.9 Å². The summed E-state index contributed by atoms with van der Waals surface area (Å²) in [5.74, 6) is 3.54. The maximum absolute atomic E-state index is 5.90. The summed E-state index contributed by atoms with van der Waals surface area (Å²) in [6.45, 7) is 7.48. The molecular formula is C21H33IN4O3. The predicted molar refractivity (Wildman–Crippen MR) is 127 cm³/mol. The molecular weight excluding hydrogens is 483 g/mol. The van der Waals surface area contributed by atoms with Gasteiger partial charge in [0.25, 0.3) is 0 Å². The molecule has 2 aromatic rings. The van der Waals surface area contributed by atoms with E-state index in [2.05, 4.69) is 34.6 Å². The molecule has 0 fully saturated rings. The molecule has 29 heavy (non-hydrogen) atoms. The third-order valence-corrected chi connectivity index (χ3v) is 4.59. The van der Waals surface area contributed by atoms with E-state index in [1.54, 1.807) is 14.2 Å². The number of halogens is 1. The van der Waals surface area contributed by atoms with Gasteiger partial charge in [-0.3, -0.25) is 4.99 Å². The van der Waals surface area contributed by atoms with Crippen LogP contribution in [0.2, 0.25) is 0 Å². The number of nitrogens with one attached hydrogen (secondary N) is 2. The van der Waals surface area contributed by atoms with Crippen LogP contribution in [0.3, 0.4) is 0 Å². The molecule has 0 radical (unpaired) electrons. The van der Waals surface area contributed by atoms with Crippen LogP contribution in [0.15, 0.2) is 39.8 Å². The first-order valence-corrected chi connectivity index (χ1v) is 9.80. The maximum atomic E-state index is 5.90. The molecule has 1 aromatic carbocycles. The number of aromatic nitrogens is 1. The third kappa shape index (κ3) is 8.12. The van der Waals surface area contributed by atoms with Gasteiger partial charge in [0.15, 0.2) is 11.7 Å². The molecule has 162 valence electrons. The second-order valence-electron chi connectivity index (χ2n) is 6.64. The highest BCUT2D eigenvalue weighted by Gasteiger charge is 2.13. The molecule has 1 unspecified atom stereocenters. The minimum atomic E-state index is -0.0290. The number of hydrogen-bond donors (Lipinski definition) is 2. The van der Waals surface area contributed by atoms with Crippen LogP contribution in [0.5, 0.6) is 11.5 Å². The number of guanidine groups is 1. The van der Waals surface area contributed by atoms with Crippen LogP contribution < -0.4 is 20.1 Å². The monoisotopic (exact) mass is 516 g/mol. The van der Waals surface area contributed by atoms with E-state index < -0.39 is 0 Å². The largest absolute Gasteiger partial charge is 0.497 e. The summed E-state index contributed by atoms with van der Waals surface area (Å²) in [6, 6.07) is 9.56. The van der Waals surface area contributed by atoms with Gasteiger partial charge in [0.05, 0.1) is 25.9 Å². The van der Waals surface area contributed by atoms with Crippen LogP contribution in [0.4, 0.5) is 0 Å². The predicted octanol–water partition coefficient (Wildman–Crippen LogP) is 4.34. The topological polar surface area (TPSA) is 80.9 Å². The number of rotatable bonds is 10. The van der Waals surface area contributed by atoms with Crippen molar-refractivity contribution in [2.75, 3.05) is 20.7 Å². The summed E-state index contributed by atoms with van der Waals surface area (Å²) in [5.41, 5.74) is 1.02. The Morgan fingerprint density at radius 3 is 2.38 bits per heavy atom. The molecule has 8 heteroatoms. The lowest BCUT2D eigenvalue weighted by molar-refractivity contribution is 0.223. The Morgan fingerprint density at radius 2 is 1.79 bits per heavy atom. The normalized spacial score (nSPS) is 12.3. The van der Waals surface area contributed by atoms with Crippen LogP contribution in [0, 0.1) is 0 Å². The molecule has 0 aliphatic heterocycles. The summed E-state index contributed by atoms with van der Waals surface area (Å²) in [5, 5.41) is 10.7. The molecule has 1 aromatic heterocycles. The van der Waals surface area contributed by atoms with Gasteiger partial charge >= 0.3 is 0 Å². The Labute approximate surface area is 190 Å². The Hall–Kier alpha value is -1.97. The van der Waals surface area contributed by atoms with Gasteiger partial charge in [0.1, 0.15) is 17.6 Å². The Kier molecular flexibility index (Phi) is 11.5. The standard InChI is InChI=1S/C21H32N4O3.HI/c1-6-16(7-2)20-12-19(28-25-20)14-24-21(22-4)23-13-15(3)27-18-10-8-17(26-5)9-11-18;/h8-12,15-16H,6-7,13-14H2,1-5H3,(H2,22,23,24);1H. The molecule has 7 nitrogen and oxygen atoms in total. The fraction of sp³-hybridized carbons (Fsp3) is 0.524. The van der Waals surface area contributed by atoms with Gasteiger partial charge in [0, 0.05) is 19.0 Å². The van der Waals surface area contributed by atoms with Crippen LogP contribution in [0.25, 0.3) is 0 Å². The second-order valence-corrected chi connectivity index (χ2v) is 6.64. The second kappa shape index (κ2) is 13.3. The Bertz CT molecular complexity index is 730. The van der Waals surface area contributed by atoms with Crippen LogP contribution >= 0.6 is 24.0 Å². The summed E-state index contributed by atoms with van der Waals surface area (Å²) < 4.78 is 16.5. The minimum Gasteiger partial charge on any atom is -0.497 e. The number of nitrogens with zero attached hydrogens (tertiary/aromatic N) is 2. The molecule has 0 saturated heterocycles. The molecule has 2 N–H and O–H groups in total. The molecule has 0 spiro atoms. The van der Waals surface area contributed by atoms with E-state index in [-0.39, 0.29) is 30.1 Å². The number of ether oxygens (including phenoxy) is 2. The number of methoxy groups -OCH3 is 1. The molecule has 0 aliphatic rings. The molecule has 0 bridgehead atoms. The van der Waals surface area contributed by atoms with Crippen molar-refractivity contribution in [2.45, 2.75) is 52.2 Å².